The molecular weight excluding hydrogens is 280 g/mol. The summed E-state index contributed by atoms with van der Waals surface area (Å²) in [4.78, 5) is 4.55. The zero-order chi connectivity index (χ0) is 11.9. The summed E-state index contributed by atoms with van der Waals surface area (Å²) < 4.78 is 6.80. The first-order chi connectivity index (χ1) is 8.19. The highest BCUT2D eigenvalue weighted by molar-refractivity contribution is 9.10. The standard InChI is InChI=1S/C13H15BrN2O/c14-9-5-4-6-10-11(9)17-12(16-10)13(15)7-2-1-3-8-13/h4-6H,1-3,7-8,15H2. The van der Waals surface area contributed by atoms with Gasteiger partial charge in [0.05, 0.1) is 10.0 Å². The van der Waals surface area contributed by atoms with Gasteiger partial charge in [0, 0.05) is 0 Å². The van der Waals surface area contributed by atoms with E-state index in [0.29, 0.717) is 5.89 Å². The summed E-state index contributed by atoms with van der Waals surface area (Å²) in [6, 6.07) is 5.88. The predicted molar refractivity (Wildman–Crippen MR) is 70.7 cm³/mol. The molecule has 1 aromatic carbocycles. The number of oxazole rings is 1. The average molecular weight is 295 g/mol. The van der Waals surface area contributed by atoms with Gasteiger partial charge in [-0.1, -0.05) is 25.3 Å². The third-order valence-electron chi connectivity index (χ3n) is 3.54. The highest BCUT2D eigenvalue weighted by atomic mass is 79.9. The fourth-order valence-corrected chi connectivity index (χ4v) is 2.96. The highest BCUT2D eigenvalue weighted by Gasteiger charge is 2.34. The summed E-state index contributed by atoms with van der Waals surface area (Å²) in [6.45, 7) is 0. The van der Waals surface area contributed by atoms with Gasteiger partial charge in [0.1, 0.15) is 5.52 Å². The summed E-state index contributed by atoms with van der Waals surface area (Å²) in [6.07, 6.45) is 5.53. The Morgan fingerprint density at radius 3 is 2.71 bits per heavy atom. The Hall–Kier alpha value is -0.870. The first-order valence-electron chi connectivity index (χ1n) is 6.03. The number of rotatable bonds is 1. The molecule has 4 heteroatoms. The third kappa shape index (κ3) is 1.89. The van der Waals surface area contributed by atoms with Gasteiger partial charge in [-0.3, -0.25) is 0 Å². The minimum atomic E-state index is -0.364. The van der Waals surface area contributed by atoms with Crippen LogP contribution in [0.1, 0.15) is 38.0 Å². The Balaban J connectivity index is 2.08. The lowest BCUT2D eigenvalue weighted by molar-refractivity contribution is 0.247. The number of halogens is 1. The number of hydrogen-bond acceptors (Lipinski definition) is 3. The number of benzene rings is 1. The number of para-hydroxylation sites is 1. The van der Waals surface area contributed by atoms with Crippen molar-refractivity contribution in [3.05, 3.63) is 28.6 Å². The van der Waals surface area contributed by atoms with Crippen molar-refractivity contribution in [3.8, 4) is 0 Å². The van der Waals surface area contributed by atoms with E-state index < -0.39 is 0 Å². The number of nitrogens with zero attached hydrogens (tertiary/aromatic N) is 1. The summed E-state index contributed by atoms with van der Waals surface area (Å²) in [5.41, 5.74) is 7.74. The number of fused-ring (bicyclic) bond motifs is 1. The smallest absolute Gasteiger partial charge is 0.215 e. The zero-order valence-electron chi connectivity index (χ0n) is 9.58. The molecule has 90 valence electrons. The SMILES string of the molecule is NC1(c2nc3cccc(Br)c3o2)CCCCC1. The minimum absolute atomic E-state index is 0.364. The van der Waals surface area contributed by atoms with Crippen LogP contribution in [0.2, 0.25) is 0 Å². The van der Waals surface area contributed by atoms with Crippen LogP contribution in [0.15, 0.2) is 27.1 Å². The Labute approximate surface area is 109 Å². The number of hydrogen-bond donors (Lipinski definition) is 1. The molecular formula is C13H15BrN2O. The second-order valence-corrected chi connectivity index (χ2v) is 5.68. The molecule has 0 amide bonds. The van der Waals surface area contributed by atoms with Crippen molar-refractivity contribution in [3.63, 3.8) is 0 Å². The monoisotopic (exact) mass is 294 g/mol. The Morgan fingerprint density at radius 2 is 2.00 bits per heavy atom. The van der Waals surface area contributed by atoms with Crippen LogP contribution in [0.4, 0.5) is 0 Å². The van der Waals surface area contributed by atoms with Gasteiger partial charge in [0.2, 0.25) is 5.89 Å². The normalized spacial score (nSPS) is 19.6. The van der Waals surface area contributed by atoms with Crippen LogP contribution < -0.4 is 5.73 Å². The van der Waals surface area contributed by atoms with E-state index >= 15 is 0 Å². The maximum absolute atomic E-state index is 6.42. The van der Waals surface area contributed by atoms with E-state index in [-0.39, 0.29) is 5.54 Å². The quantitative estimate of drug-likeness (QED) is 0.872. The van der Waals surface area contributed by atoms with Gasteiger partial charge in [-0.25, -0.2) is 4.98 Å². The van der Waals surface area contributed by atoms with Gasteiger partial charge in [-0.05, 0) is 40.9 Å². The molecule has 0 unspecified atom stereocenters. The number of aromatic nitrogens is 1. The zero-order valence-corrected chi connectivity index (χ0v) is 11.2. The van der Waals surface area contributed by atoms with Crippen LogP contribution in [0.3, 0.4) is 0 Å². The van der Waals surface area contributed by atoms with Gasteiger partial charge in [0.15, 0.2) is 5.58 Å². The van der Waals surface area contributed by atoms with Crippen molar-refractivity contribution in [2.75, 3.05) is 0 Å². The van der Waals surface area contributed by atoms with Gasteiger partial charge in [-0.2, -0.15) is 0 Å². The van der Waals surface area contributed by atoms with E-state index in [2.05, 4.69) is 20.9 Å². The fourth-order valence-electron chi connectivity index (χ4n) is 2.52. The van der Waals surface area contributed by atoms with E-state index in [4.69, 9.17) is 10.2 Å². The molecule has 2 N–H and O–H groups in total. The molecule has 0 aliphatic heterocycles. The van der Waals surface area contributed by atoms with Gasteiger partial charge >= 0.3 is 0 Å². The summed E-state index contributed by atoms with van der Waals surface area (Å²) in [5.74, 6) is 0.694. The second kappa shape index (κ2) is 4.10. The average Bonchev–Trinajstić information content (AvgIpc) is 2.76. The van der Waals surface area contributed by atoms with Gasteiger partial charge < -0.3 is 10.2 Å². The molecule has 0 spiro atoms. The lowest BCUT2D eigenvalue weighted by atomic mass is 9.82. The molecule has 1 fully saturated rings. The van der Waals surface area contributed by atoms with Crippen LogP contribution >= 0.6 is 15.9 Å². The van der Waals surface area contributed by atoms with Crippen LogP contribution in [0, 0.1) is 0 Å². The third-order valence-corrected chi connectivity index (χ3v) is 4.16. The molecule has 0 saturated heterocycles. The molecule has 0 atom stereocenters. The van der Waals surface area contributed by atoms with Gasteiger partial charge in [-0.15, -0.1) is 0 Å². The van der Waals surface area contributed by atoms with Gasteiger partial charge in [0.25, 0.3) is 0 Å². The van der Waals surface area contributed by atoms with Crippen molar-refractivity contribution in [2.45, 2.75) is 37.6 Å². The molecule has 0 bridgehead atoms. The molecule has 3 nitrogen and oxygen atoms in total. The Bertz CT molecular complexity index is 543. The lowest BCUT2D eigenvalue weighted by Gasteiger charge is -2.29. The summed E-state index contributed by atoms with van der Waals surface area (Å²) in [7, 11) is 0. The fraction of sp³-hybridized carbons (Fsp3) is 0.462. The van der Waals surface area contributed by atoms with Crippen LogP contribution in [-0.4, -0.2) is 4.98 Å². The predicted octanol–water partition coefficient (Wildman–Crippen LogP) is 3.71. The van der Waals surface area contributed by atoms with Crippen molar-refractivity contribution in [1.82, 2.24) is 4.98 Å². The maximum Gasteiger partial charge on any atom is 0.215 e. The van der Waals surface area contributed by atoms with Crippen LogP contribution in [-0.2, 0) is 5.54 Å². The van der Waals surface area contributed by atoms with Crippen LogP contribution in [0.5, 0.6) is 0 Å². The molecule has 3 rings (SSSR count). The van der Waals surface area contributed by atoms with E-state index in [9.17, 15) is 0 Å². The van der Waals surface area contributed by atoms with Crippen molar-refractivity contribution in [1.29, 1.82) is 0 Å². The largest absolute Gasteiger partial charge is 0.437 e. The molecule has 1 saturated carbocycles. The number of nitrogens with two attached hydrogens (primary N) is 1. The van der Waals surface area contributed by atoms with Crippen molar-refractivity contribution < 1.29 is 4.42 Å². The summed E-state index contributed by atoms with van der Waals surface area (Å²) in [5, 5.41) is 0. The lowest BCUT2D eigenvalue weighted by Crippen LogP contribution is -2.38. The maximum atomic E-state index is 6.42. The topological polar surface area (TPSA) is 52.0 Å². The molecule has 1 aromatic heterocycles. The molecule has 1 aliphatic carbocycles. The first kappa shape index (κ1) is 11.2. The summed E-state index contributed by atoms with van der Waals surface area (Å²) >= 11 is 3.48. The molecule has 17 heavy (non-hydrogen) atoms. The van der Waals surface area contributed by atoms with Crippen LogP contribution in [0.25, 0.3) is 11.1 Å². The first-order valence-corrected chi connectivity index (χ1v) is 6.83. The molecule has 2 aromatic rings. The van der Waals surface area contributed by atoms with E-state index in [1.807, 2.05) is 18.2 Å². The Kier molecular flexibility index (Phi) is 2.71. The molecule has 0 radical (unpaired) electrons. The van der Waals surface area contributed by atoms with Crippen molar-refractivity contribution in [2.24, 2.45) is 5.73 Å². The minimum Gasteiger partial charge on any atom is -0.437 e. The Morgan fingerprint density at radius 1 is 1.24 bits per heavy atom. The molecule has 1 aliphatic rings. The van der Waals surface area contributed by atoms with E-state index in [1.54, 1.807) is 0 Å². The van der Waals surface area contributed by atoms with Crippen molar-refractivity contribution >= 4 is 27.0 Å². The van der Waals surface area contributed by atoms with E-state index in [1.165, 1.54) is 6.42 Å². The second-order valence-electron chi connectivity index (χ2n) is 4.82. The highest BCUT2D eigenvalue weighted by Crippen LogP contribution is 2.36. The molecule has 1 heterocycles. The van der Waals surface area contributed by atoms with E-state index in [0.717, 1.165) is 41.3 Å².